The van der Waals surface area contributed by atoms with Crippen LogP contribution < -0.4 is 0 Å². The normalized spacial score (nSPS) is 10.6. The maximum Gasteiger partial charge on any atom is 0.306 e. The minimum atomic E-state index is -0.512. The smallest absolute Gasteiger partial charge is 0.306 e. The van der Waals surface area contributed by atoms with Crippen LogP contribution in [0.15, 0.2) is 24.7 Å². The Morgan fingerprint density at radius 1 is 1.45 bits per heavy atom. The molecule has 2 aromatic heterocycles. The molecule has 0 fully saturated rings. The van der Waals surface area contributed by atoms with Crippen LogP contribution in [-0.4, -0.2) is 42.3 Å². The molecule has 2 rings (SSSR count). The molecule has 118 valence electrons. The van der Waals surface area contributed by atoms with Crippen LogP contribution in [0.4, 0.5) is 5.69 Å². The number of nitrogens with zero attached hydrogens (tertiary/aromatic N) is 6. The van der Waals surface area contributed by atoms with Crippen molar-refractivity contribution in [3.05, 3.63) is 40.5 Å². The van der Waals surface area contributed by atoms with Gasteiger partial charge in [-0.25, -0.2) is 0 Å². The lowest BCUT2D eigenvalue weighted by molar-refractivity contribution is -0.385. The van der Waals surface area contributed by atoms with E-state index in [2.05, 4.69) is 10.2 Å². The van der Waals surface area contributed by atoms with E-state index in [1.165, 1.54) is 17.1 Å². The second-order valence-corrected chi connectivity index (χ2v) is 4.88. The molecule has 0 aromatic carbocycles. The molecular weight excluding hydrogens is 288 g/mol. The Labute approximate surface area is 127 Å². The van der Waals surface area contributed by atoms with Gasteiger partial charge in [0.2, 0.25) is 5.91 Å². The molecule has 0 saturated heterocycles. The molecule has 2 aromatic rings. The lowest BCUT2D eigenvalue weighted by Crippen LogP contribution is -2.27. The summed E-state index contributed by atoms with van der Waals surface area (Å²) in [5.41, 5.74) is 0.748. The zero-order valence-corrected chi connectivity index (χ0v) is 12.5. The van der Waals surface area contributed by atoms with Crippen molar-refractivity contribution in [1.29, 1.82) is 0 Å². The Morgan fingerprint density at radius 2 is 2.23 bits per heavy atom. The van der Waals surface area contributed by atoms with E-state index < -0.39 is 4.92 Å². The maximum absolute atomic E-state index is 12.1. The molecule has 0 aliphatic carbocycles. The highest BCUT2D eigenvalue weighted by atomic mass is 16.6. The maximum atomic E-state index is 12.1. The summed E-state index contributed by atoms with van der Waals surface area (Å²) in [5, 5.41) is 18.7. The molecule has 9 nitrogen and oxygen atoms in total. The van der Waals surface area contributed by atoms with Gasteiger partial charge in [0.1, 0.15) is 12.4 Å². The first-order chi connectivity index (χ1) is 10.5. The van der Waals surface area contributed by atoms with Crippen molar-refractivity contribution in [3.63, 3.8) is 0 Å². The molecule has 1 amide bonds. The number of carbonyl (C=O) groups excluding carboxylic acids is 1. The van der Waals surface area contributed by atoms with Gasteiger partial charge in [-0.1, -0.05) is 0 Å². The number of rotatable bonds is 7. The van der Waals surface area contributed by atoms with E-state index in [-0.39, 0.29) is 18.0 Å². The number of aromatic nitrogens is 4. The summed E-state index contributed by atoms with van der Waals surface area (Å²) in [7, 11) is 1.71. The summed E-state index contributed by atoms with van der Waals surface area (Å²) in [4.78, 5) is 23.7. The Balaban J connectivity index is 1.84. The first-order valence-corrected chi connectivity index (χ1v) is 6.92. The van der Waals surface area contributed by atoms with Crippen LogP contribution in [-0.2, 0) is 24.4 Å². The molecule has 22 heavy (non-hydrogen) atoms. The van der Waals surface area contributed by atoms with Crippen LogP contribution >= 0.6 is 0 Å². The van der Waals surface area contributed by atoms with Crippen molar-refractivity contribution in [3.8, 4) is 0 Å². The second-order valence-electron chi connectivity index (χ2n) is 4.88. The van der Waals surface area contributed by atoms with Crippen LogP contribution in [0.2, 0.25) is 0 Å². The predicted octanol–water partition coefficient (Wildman–Crippen LogP) is 1.06. The third-order valence-electron chi connectivity index (χ3n) is 3.23. The van der Waals surface area contributed by atoms with Gasteiger partial charge in [-0.15, -0.1) is 0 Å². The number of hydrogen-bond donors (Lipinski definition) is 0. The highest BCUT2D eigenvalue weighted by Gasteiger charge is 2.13. The highest BCUT2D eigenvalue weighted by Crippen LogP contribution is 2.09. The Morgan fingerprint density at radius 3 is 2.82 bits per heavy atom. The van der Waals surface area contributed by atoms with Crippen molar-refractivity contribution >= 4 is 11.6 Å². The summed E-state index contributed by atoms with van der Waals surface area (Å²) < 4.78 is 3.20. The first kappa shape index (κ1) is 15.7. The molecule has 0 spiro atoms. The van der Waals surface area contributed by atoms with Crippen LogP contribution in [0.25, 0.3) is 0 Å². The Kier molecular flexibility index (Phi) is 4.87. The van der Waals surface area contributed by atoms with Crippen LogP contribution in [0, 0.1) is 10.1 Å². The fourth-order valence-corrected chi connectivity index (χ4v) is 1.97. The third kappa shape index (κ3) is 3.90. The zero-order valence-electron chi connectivity index (χ0n) is 12.5. The quantitative estimate of drug-likeness (QED) is 0.562. The standard InChI is InChI=1S/C13H18N6O3/c1-3-17-6-4-11(15-17)9-16(2)13(20)5-7-18-10-12(8-14-18)19(21)22/h4,6,8,10H,3,5,7,9H2,1-2H3. The SMILES string of the molecule is CCn1ccc(CN(C)C(=O)CCn2cc([N+](=O)[O-])cn2)n1. The molecule has 2 heterocycles. The first-order valence-electron chi connectivity index (χ1n) is 6.92. The average Bonchev–Trinajstić information content (AvgIpc) is 3.13. The molecule has 0 N–H and O–H groups in total. The highest BCUT2D eigenvalue weighted by molar-refractivity contribution is 5.75. The van der Waals surface area contributed by atoms with Crippen LogP contribution in [0.1, 0.15) is 19.0 Å². The van der Waals surface area contributed by atoms with E-state index in [4.69, 9.17) is 0 Å². The summed E-state index contributed by atoms with van der Waals surface area (Å²) in [5.74, 6) is -0.0656. The number of carbonyl (C=O) groups is 1. The summed E-state index contributed by atoms with van der Waals surface area (Å²) in [6.07, 6.45) is 4.59. The van der Waals surface area contributed by atoms with E-state index >= 15 is 0 Å². The molecule has 0 aliphatic rings. The second kappa shape index (κ2) is 6.83. The van der Waals surface area contributed by atoms with Gasteiger partial charge >= 0.3 is 5.69 Å². The molecule has 0 saturated carbocycles. The van der Waals surface area contributed by atoms with Gasteiger partial charge in [0.25, 0.3) is 0 Å². The van der Waals surface area contributed by atoms with E-state index in [1.54, 1.807) is 16.6 Å². The number of amides is 1. The van der Waals surface area contributed by atoms with E-state index in [0.29, 0.717) is 13.1 Å². The summed E-state index contributed by atoms with van der Waals surface area (Å²) in [6.45, 7) is 3.52. The van der Waals surface area contributed by atoms with Crippen molar-refractivity contribution in [2.75, 3.05) is 7.05 Å². The minimum absolute atomic E-state index is 0.0656. The predicted molar refractivity (Wildman–Crippen MR) is 77.9 cm³/mol. The fraction of sp³-hybridized carbons (Fsp3) is 0.462. The zero-order chi connectivity index (χ0) is 16.1. The van der Waals surface area contributed by atoms with Crippen LogP contribution in [0.5, 0.6) is 0 Å². The van der Waals surface area contributed by atoms with E-state index in [1.807, 2.05) is 19.2 Å². The summed E-state index contributed by atoms with van der Waals surface area (Å²) in [6, 6.07) is 1.88. The van der Waals surface area contributed by atoms with Gasteiger partial charge in [0.05, 0.1) is 17.2 Å². The van der Waals surface area contributed by atoms with Gasteiger partial charge in [0, 0.05) is 32.8 Å². The molecule has 0 radical (unpaired) electrons. The van der Waals surface area contributed by atoms with Gasteiger partial charge in [0.15, 0.2) is 0 Å². The number of aryl methyl sites for hydroxylation is 2. The Hall–Kier alpha value is -2.71. The van der Waals surface area contributed by atoms with E-state index in [0.717, 1.165) is 12.2 Å². The van der Waals surface area contributed by atoms with Crippen molar-refractivity contribution in [1.82, 2.24) is 24.5 Å². The molecule has 0 aliphatic heterocycles. The van der Waals surface area contributed by atoms with Crippen molar-refractivity contribution in [2.24, 2.45) is 0 Å². The van der Waals surface area contributed by atoms with Gasteiger partial charge < -0.3 is 4.90 Å². The number of nitro groups is 1. The molecule has 0 bridgehead atoms. The lowest BCUT2D eigenvalue weighted by Gasteiger charge is -2.15. The van der Waals surface area contributed by atoms with Gasteiger partial charge in [-0.3, -0.25) is 24.3 Å². The third-order valence-corrected chi connectivity index (χ3v) is 3.23. The topological polar surface area (TPSA) is 99.1 Å². The average molecular weight is 306 g/mol. The molecule has 0 atom stereocenters. The molecule has 9 heteroatoms. The van der Waals surface area contributed by atoms with Crippen molar-refractivity contribution < 1.29 is 9.72 Å². The fourth-order valence-electron chi connectivity index (χ4n) is 1.97. The summed E-state index contributed by atoms with van der Waals surface area (Å²) >= 11 is 0. The molecule has 0 unspecified atom stereocenters. The Bertz CT molecular complexity index is 662. The van der Waals surface area contributed by atoms with Gasteiger partial charge in [-0.2, -0.15) is 10.2 Å². The van der Waals surface area contributed by atoms with E-state index in [9.17, 15) is 14.9 Å². The minimum Gasteiger partial charge on any atom is -0.340 e. The molecular formula is C13H18N6O3. The largest absolute Gasteiger partial charge is 0.340 e. The lowest BCUT2D eigenvalue weighted by atomic mass is 10.3. The van der Waals surface area contributed by atoms with Crippen molar-refractivity contribution in [2.45, 2.75) is 33.0 Å². The monoisotopic (exact) mass is 306 g/mol. The number of hydrogen-bond acceptors (Lipinski definition) is 5. The van der Waals surface area contributed by atoms with Crippen LogP contribution in [0.3, 0.4) is 0 Å². The van der Waals surface area contributed by atoms with Gasteiger partial charge in [-0.05, 0) is 13.0 Å².